The van der Waals surface area contributed by atoms with Gasteiger partial charge in [0.1, 0.15) is 6.04 Å². The summed E-state index contributed by atoms with van der Waals surface area (Å²) in [5.41, 5.74) is 3.84. The van der Waals surface area contributed by atoms with Gasteiger partial charge in [-0.05, 0) is 56.8 Å². The van der Waals surface area contributed by atoms with E-state index in [0.29, 0.717) is 12.8 Å². The molecule has 2 amide bonds. The van der Waals surface area contributed by atoms with Crippen LogP contribution in [0.4, 0.5) is 17.1 Å². The number of carbonyl (C=O) groups excluding carboxylic acids is 2. The molecule has 2 aromatic rings. The lowest BCUT2D eigenvalue weighted by atomic mass is 10.1. The van der Waals surface area contributed by atoms with Gasteiger partial charge in [-0.2, -0.15) is 0 Å². The highest BCUT2D eigenvalue weighted by molar-refractivity contribution is 6.07. The average molecular weight is 393 g/mol. The van der Waals surface area contributed by atoms with Crippen LogP contribution in [0, 0.1) is 6.92 Å². The number of piperazine rings is 1. The van der Waals surface area contributed by atoms with E-state index in [1.54, 1.807) is 4.90 Å². The number of anilines is 3. The van der Waals surface area contributed by atoms with Gasteiger partial charge in [0, 0.05) is 49.7 Å². The van der Waals surface area contributed by atoms with E-state index >= 15 is 0 Å². The first-order chi connectivity index (χ1) is 14.0. The van der Waals surface area contributed by atoms with Crippen LogP contribution in [0.15, 0.2) is 48.5 Å². The second-order valence-corrected chi connectivity index (χ2v) is 7.98. The molecule has 0 bridgehead atoms. The number of benzene rings is 2. The zero-order valence-corrected chi connectivity index (χ0v) is 17.1. The summed E-state index contributed by atoms with van der Waals surface area (Å²) in [6, 6.07) is 15.3. The predicted octanol–water partition coefficient (Wildman–Crippen LogP) is 2.88. The Morgan fingerprint density at radius 2 is 1.55 bits per heavy atom. The van der Waals surface area contributed by atoms with Crippen LogP contribution in [-0.4, -0.2) is 56.0 Å². The number of nitrogens with one attached hydrogen (secondary N) is 1. The maximum absolute atomic E-state index is 12.9. The maximum atomic E-state index is 12.9. The van der Waals surface area contributed by atoms with Crippen molar-refractivity contribution >= 4 is 28.9 Å². The molecule has 0 radical (unpaired) electrons. The molecule has 6 nitrogen and oxygen atoms in total. The van der Waals surface area contributed by atoms with Crippen molar-refractivity contribution in [1.82, 2.24) is 4.90 Å². The van der Waals surface area contributed by atoms with Gasteiger partial charge in [0.05, 0.1) is 0 Å². The monoisotopic (exact) mass is 392 g/mol. The van der Waals surface area contributed by atoms with Gasteiger partial charge in [0.15, 0.2) is 0 Å². The summed E-state index contributed by atoms with van der Waals surface area (Å²) in [4.78, 5) is 31.6. The van der Waals surface area contributed by atoms with Gasteiger partial charge in [0.25, 0.3) is 0 Å². The minimum Gasteiger partial charge on any atom is -0.369 e. The third-order valence-electron chi connectivity index (χ3n) is 5.83. The summed E-state index contributed by atoms with van der Waals surface area (Å²) in [5.74, 6) is -0.136. The average Bonchev–Trinajstić information content (AvgIpc) is 3.11. The fourth-order valence-electron chi connectivity index (χ4n) is 4.01. The van der Waals surface area contributed by atoms with E-state index in [0.717, 1.165) is 43.1 Å². The molecule has 2 fully saturated rings. The molecule has 0 saturated carbocycles. The summed E-state index contributed by atoms with van der Waals surface area (Å²) in [6.45, 7) is 6.15. The first-order valence-electron chi connectivity index (χ1n) is 10.2. The first kappa shape index (κ1) is 19.5. The molecule has 2 aromatic carbocycles. The summed E-state index contributed by atoms with van der Waals surface area (Å²) in [7, 11) is 2.14. The molecule has 4 rings (SSSR count). The van der Waals surface area contributed by atoms with Gasteiger partial charge >= 0.3 is 0 Å². The number of rotatable bonds is 4. The summed E-state index contributed by atoms with van der Waals surface area (Å²) in [6.07, 6.45) is 0.937. The van der Waals surface area contributed by atoms with Crippen LogP contribution in [0.25, 0.3) is 0 Å². The van der Waals surface area contributed by atoms with Crippen molar-refractivity contribution in [3.8, 4) is 0 Å². The molecule has 0 spiro atoms. The quantitative estimate of drug-likeness (QED) is 0.869. The first-order valence-corrected chi connectivity index (χ1v) is 10.2. The van der Waals surface area contributed by atoms with Crippen LogP contribution in [-0.2, 0) is 9.59 Å². The van der Waals surface area contributed by atoms with Gasteiger partial charge in [0.2, 0.25) is 11.8 Å². The van der Waals surface area contributed by atoms with E-state index in [-0.39, 0.29) is 11.8 Å². The highest BCUT2D eigenvalue weighted by Gasteiger charge is 2.37. The fraction of sp³-hybridized carbons (Fsp3) is 0.391. The Morgan fingerprint density at radius 1 is 0.931 bits per heavy atom. The Morgan fingerprint density at radius 3 is 2.21 bits per heavy atom. The Hall–Kier alpha value is -2.86. The van der Waals surface area contributed by atoms with E-state index in [1.165, 1.54) is 5.69 Å². The van der Waals surface area contributed by atoms with Crippen molar-refractivity contribution in [3.05, 3.63) is 54.1 Å². The molecule has 152 valence electrons. The van der Waals surface area contributed by atoms with Crippen LogP contribution in [0.1, 0.15) is 18.4 Å². The molecule has 1 N–H and O–H groups in total. The SMILES string of the molecule is Cc1ccc(N2C(=O)CCC2C(=O)Nc2ccc(N3CCN(C)CC3)cc2)cc1. The lowest BCUT2D eigenvalue weighted by molar-refractivity contribution is -0.120. The number of amides is 2. The zero-order valence-electron chi connectivity index (χ0n) is 17.1. The van der Waals surface area contributed by atoms with Crippen molar-refractivity contribution in [2.75, 3.05) is 48.3 Å². The Kier molecular flexibility index (Phi) is 5.53. The molecule has 1 atom stereocenters. The van der Waals surface area contributed by atoms with E-state index in [1.807, 2.05) is 43.3 Å². The van der Waals surface area contributed by atoms with Gasteiger partial charge in [-0.3, -0.25) is 14.5 Å². The zero-order chi connectivity index (χ0) is 20.4. The molecule has 29 heavy (non-hydrogen) atoms. The molecule has 0 aromatic heterocycles. The minimum atomic E-state index is -0.470. The molecule has 2 heterocycles. The lowest BCUT2D eigenvalue weighted by Crippen LogP contribution is -2.44. The van der Waals surface area contributed by atoms with Crippen molar-refractivity contribution in [1.29, 1.82) is 0 Å². The third kappa shape index (κ3) is 4.27. The van der Waals surface area contributed by atoms with Crippen molar-refractivity contribution in [2.24, 2.45) is 0 Å². The second-order valence-electron chi connectivity index (χ2n) is 7.98. The van der Waals surface area contributed by atoms with Crippen molar-refractivity contribution in [2.45, 2.75) is 25.8 Å². The van der Waals surface area contributed by atoms with E-state index < -0.39 is 6.04 Å². The van der Waals surface area contributed by atoms with Gasteiger partial charge < -0.3 is 15.1 Å². The number of aryl methyl sites for hydroxylation is 1. The molecule has 2 aliphatic rings. The summed E-state index contributed by atoms with van der Waals surface area (Å²) < 4.78 is 0. The van der Waals surface area contributed by atoms with E-state index in [9.17, 15) is 9.59 Å². The van der Waals surface area contributed by atoms with Crippen LogP contribution in [0.2, 0.25) is 0 Å². The lowest BCUT2D eigenvalue weighted by Gasteiger charge is -2.34. The van der Waals surface area contributed by atoms with Crippen molar-refractivity contribution in [3.63, 3.8) is 0 Å². The van der Waals surface area contributed by atoms with Crippen LogP contribution in [0.5, 0.6) is 0 Å². The van der Waals surface area contributed by atoms with E-state index in [4.69, 9.17) is 0 Å². The van der Waals surface area contributed by atoms with E-state index in [2.05, 4.69) is 34.3 Å². The molecular formula is C23H28N4O2. The number of carbonyl (C=O) groups is 2. The molecule has 6 heteroatoms. The summed E-state index contributed by atoms with van der Waals surface area (Å²) >= 11 is 0. The number of nitrogens with zero attached hydrogens (tertiary/aromatic N) is 3. The predicted molar refractivity (Wildman–Crippen MR) is 116 cm³/mol. The largest absolute Gasteiger partial charge is 0.369 e. The Labute approximate surface area is 172 Å². The highest BCUT2D eigenvalue weighted by atomic mass is 16.2. The molecular weight excluding hydrogens is 364 g/mol. The van der Waals surface area contributed by atoms with Crippen molar-refractivity contribution < 1.29 is 9.59 Å². The Bertz CT molecular complexity index is 871. The van der Waals surface area contributed by atoms with Crippen LogP contribution >= 0.6 is 0 Å². The highest BCUT2D eigenvalue weighted by Crippen LogP contribution is 2.28. The molecule has 2 saturated heterocycles. The second kappa shape index (κ2) is 8.25. The van der Waals surface area contributed by atoms with Gasteiger partial charge in [-0.1, -0.05) is 17.7 Å². The normalized spacial score (nSPS) is 20.2. The molecule has 0 aliphatic carbocycles. The van der Waals surface area contributed by atoms with Gasteiger partial charge in [-0.25, -0.2) is 0 Å². The van der Waals surface area contributed by atoms with Crippen LogP contribution in [0.3, 0.4) is 0 Å². The number of likely N-dealkylation sites (N-methyl/N-ethyl adjacent to an activating group) is 1. The smallest absolute Gasteiger partial charge is 0.247 e. The minimum absolute atomic E-state index is 0.000539. The fourth-order valence-corrected chi connectivity index (χ4v) is 4.01. The topological polar surface area (TPSA) is 55.9 Å². The Balaban J connectivity index is 1.43. The third-order valence-corrected chi connectivity index (χ3v) is 5.83. The number of hydrogen-bond donors (Lipinski definition) is 1. The van der Waals surface area contributed by atoms with Gasteiger partial charge in [-0.15, -0.1) is 0 Å². The standard InChI is InChI=1S/C23H28N4O2/c1-17-3-7-20(8-4-17)27-21(11-12-22(27)28)23(29)24-18-5-9-19(10-6-18)26-15-13-25(2)14-16-26/h3-10,21H,11-16H2,1-2H3,(H,24,29). The molecule has 2 aliphatic heterocycles. The number of hydrogen-bond acceptors (Lipinski definition) is 4. The maximum Gasteiger partial charge on any atom is 0.247 e. The molecule has 1 unspecified atom stereocenters. The summed E-state index contributed by atoms with van der Waals surface area (Å²) in [5, 5.41) is 2.99. The van der Waals surface area contributed by atoms with Crippen LogP contribution < -0.4 is 15.1 Å².